The number of hydrogen-bond acceptors (Lipinski definition) is 3. The van der Waals surface area contributed by atoms with E-state index in [0.29, 0.717) is 5.92 Å². The molecule has 2 aliphatic carbocycles. The first kappa shape index (κ1) is 31.7. The molecule has 2 fully saturated rings. The molecular formula is C38H47NO3Se. The average Bonchev–Trinajstić information content (AvgIpc) is 3.21. The topological polar surface area (TPSA) is 66.4 Å². The molecule has 2 aromatic rings. The molecule has 0 aromatic heterocycles. The molecule has 1 saturated carbocycles. The molecule has 2 aromatic carbocycles. The maximum absolute atomic E-state index is 15.5. The molecule has 5 heteroatoms. The summed E-state index contributed by atoms with van der Waals surface area (Å²) < 4.78 is -0.308. The summed E-state index contributed by atoms with van der Waals surface area (Å²) in [6.45, 7) is 13.1. The summed E-state index contributed by atoms with van der Waals surface area (Å²) in [5.74, 6) is 0.0209. The molecule has 1 amide bonds. The van der Waals surface area contributed by atoms with E-state index in [9.17, 15) is 9.90 Å². The Hall–Kier alpha value is -2.72. The summed E-state index contributed by atoms with van der Waals surface area (Å²) in [6.07, 6.45) is 10.2. The van der Waals surface area contributed by atoms with Gasteiger partial charge < -0.3 is 0 Å². The van der Waals surface area contributed by atoms with Crippen molar-refractivity contribution in [2.24, 2.45) is 29.1 Å². The van der Waals surface area contributed by atoms with Crippen LogP contribution >= 0.6 is 0 Å². The second kappa shape index (κ2) is 12.3. The van der Waals surface area contributed by atoms with Gasteiger partial charge in [-0.1, -0.05) is 0 Å². The summed E-state index contributed by atoms with van der Waals surface area (Å²) in [5.41, 5.74) is 2.90. The molecule has 228 valence electrons. The quantitative estimate of drug-likeness (QED) is 0.145. The number of nitrogens with one attached hydrogen (secondary N) is 1. The van der Waals surface area contributed by atoms with Gasteiger partial charge in [-0.05, 0) is 0 Å². The number of fused-ring (bicyclic) bond motifs is 1. The number of carbonyl (C=O) groups excluding carboxylic acids is 2. The third-order valence-corrected chi connectivity index (χ3v) is 13.1. The Kier molecular flexibility index (Phi) is 9.10. The predicted octanol–water partition coefficient (Wildman–Crippen LogP) is 6.74. The molecule has 1 aliphatic heterocycles. The van der Waals surface area contributed by atoms with E-state index in [2.05, 4.69) is 58.2 Å². The number of hydrogen-bond donors (Lipinski definition) is 2. The zero-order valence-electron chi connectivity index (χ0n) is 26.5. The molecule has 5 rings (SSSR count). The summed E-state index contributed by atoms with van der Waals surface area (Å²) in [5, 5.41) is 14.9. The van der Waals surface area contributed by atoms with E-state index in [-0.39, 0.29) is 47.7 Å². The van der Waals surface area contributed by atoms with Crippen molar-refractivity contribution in [3.8, 4) is 0 Å². The van der Waals surface area contributed by atoms with Gasteiger partial charge in [0.1, 0.15) is 0 Å². The van der Waals surface area contributed by atoms with E-state index in [1.54, 1.807) is 0 Å². The van der Waals surface area contributed by atoms with Crippen molar-refractivity contribution in [2.75, 3.05) is 0 Å². The van der Waals surface area contributed by atoms with Gasteiger partial charge >= 0.3 is 265 Å². The molecule has 3 aliphatic rings. The third kappa shape index (κ3) is 6.27. The van der Waals surface area contributed by atoms with Gasteiger partial charge in [0, 0.05) is 0 Å². The molecule has 0 spiro atoms. The third-order valence-electron chi connectivity index (χ3n) is 10.2. The van der Waals surface area contributed by atoms with Crippen LogP contribution < -0.4 is 9.78 Å². The van der Waals surface area contributed by atoms with E-state index in [0.717, 1.165) is 29.3 Å². The van der Waals surface area contributed by atoms with Crippen molar-refractivity contribution in [2.45, 2.75) is 83.7 Å². The first-order chi connectivity index (χ1) is 20.4. The van der Waals surface area contributed by atoms with Gasteiger partial charge in [-0.3, -0.25) is 0 Å². The van der Waals surface area contributed by atoms with E-state index in [4.69, 9.17) is 0 Å². The minimum atomic E-state index is -1.49. The number of amides is 1. The van der Waals surface area contributed by atoms with Crippen molar-refractivity contribution < 1.29 is 14.7 Å². The predicted molar refractivity (Wildman–Crippen MR) is 176 cm³/mol. The standard InChI is InChI=1S/C38H47NO3Se/c1-7-25(2)20-27(4)32-28(5)22-36(6)21-26(3)18-19-31(36)33(32)34(40)38(43-30-16-12-9-13-17-30)24-37(42,39-35(38)41)23-29-14-10-8-11-15-29/h7-17,20,22,26,31-33,42H,18-19,21,23-24H2,1-6H3,(H,39,41)/b25-7+,27-20+/t26-,31+,32-,33+,36+,37-,38?/m1/s1. The van der Waals surface area contributed by atoms with Crippen molar-refractivity contribution >= 4 is 31.1 Å². The van der Waals surface area contributed by atoms with E-state index < -0.39 is 25.0 Å². The minimum absolute atomic E-state index is 0.0203. The van der Waals surface area contributed by atoms with Crippen molar-refractivity contribution in [1.82, 2.24) is 5.32 Å². The average molecular weight is 645 g/mol. The van der Waals surface area contributed by atoms with Crippen LogP contribution in [0.1, 0.15) is 72.8 Å². The fourth-order valence-corrected chi connectivity index (χ4v) is 11.3. The molecule has 4 nitrogen and oxygen atoms in total. The Morgan fingerprint density at radius 1 is 1.07 bits per heavy atom. The zero-order chi connectivity index (χ0) is 31.0. The van der Waals surface area contributed by atoms with Crippen LogP contribution in [0.15, 0.2) is 95.6 Å². The number of carbonyl (C=O) groups is 2. The Morgan fingerprint density at radius 3 is 2.37 bits per heavy atom. The first-order valence-corrected chi connectivity index (χ1v) is 17.5. The second-order valence-corrected chi connectivity index (χ2v) is 16.6. The number of allylic oxidation sites excluding steroid dienone is 6. The number of Topliss-reactive ketones (excluding diaryl/α,β-unsaturated/α-hetero) is 1. The fraction of sp³-hybridized carbons (Fsp3) is 0.474. The fourth-order valence-electron chi connectivity index (χ4n) is 8.37. The summed E-state index contributed by atoms with van der Waals surface area (Å²) in [7, 11) is 0. The zero-order valence-corrected chi connectivity index (χ0v) is 28.2. The van der Waals surface area contributed by atoms with Crippen molar-refractivity contribution in [3.63, 3.8) is 0 Å². The van der Waals surface area contributed by atoms with Crippen LogP contribution in [0.4, 0.5) is 0 Å². The van der Waals surface area contributed by atoms with Gasteiger partial charge in [-0.2, -0.15) is 0 Å². The Bertz CT molecular complexity index is 1450. The molecule has 1 heterocycles. The van der Waals surface area contributed by atoms with Gasteiger partial charge in [0.2, 0.25) is 0 Å². The summed E-state index contributed by atoms with van der Waals surface area (Å²) >= 11 is -0.509. The van der Waals surface area contributed by atoms with Crippen LogP contribution in [-0.4, -0.2) is 37.5 Å². The molecule has 7 atom stereocenters. The second-order valence-electron chi connectivity index (χ2n) is 13.7. The number of aliphatic hydroxyl groups is 1. The number of benzene rings is 2. The first-order valence-electron chi connectivity index (χ1n) is 15.8. The van der Waals surface area contributed by atoms with Gasteiger partial charge in [-0.25, -0.2) is 0 Å². The molecule has 2 N–H and O–H groups in total. The van der Waals surface area contributed by atoms with Crippen molar-refractivity contribution in [3.05, 3.63) is 101 Å². The molecule has 43 heavy (non-hydrogen) atoms. The van der Waals surface area contributed by atoms with Crippen LogP contribution in [0.5, 0.6) is 0 Å². The Labute approximate surface area is 264 Å². The molecule has 1 saturated heterocycles. The van der Waals surface area contributed by atoms with Crippen LogP contribution in [0.25, 0.3) is 0 Å². The van der Waals surface area contributed by atoms with E-state index in [1.807, 2.05) is 67.6 Å². The summed E-state index contributed by atoms with van der Waals surface area (Å²) in [6, 6.07) is 19.7. The monoisotopic (exact) mass is 645 g/mol. The number of ketones is 1. The molecule has 0 radical (unpaired) electrons. The number of rotatable bonds is 8. The van der Waals surface area contributed by atoms with Gasteiger partial charge in [0.25, 0.3) is 0 Å². The van der Waals surface area contributed by atoms with Crippen LogP contribution in [0.3, 0.4) is 0 Å². The SMILES string of the molecule is C/C=C(C)/C=C(\C)[C@@H]1C(C)=C[C@]2(C)C[C@H](C)CC[C@H]2[C@@H]1C(=O)C1([Se]c2ccccc2)C[C@](O)(Cc2ccccc2)NC1=O. The maximum atomic E-state index is 15.5. The van der Waals surface area contributed by atoms with E-state index >= 15 is 4.79 Å². The normalized spacial score (nSPS) is 34.8. The summed E-state index contributed by atoms with van der Waals surface area (Å²) in [4.78, 5) is 29.9. The molecule has 1 unspecified atom stereocenters. The Morgan fingerprint density at radius 2 is 1.72 bits per heavy atom. The van der Waals surface area contributed by atoms with Gasteiger partial charge in [0.05, 0.1) is 0 Å². The van der Waals surface area contributed by atoms with Crippen LogP contribution in [0.2, 0.25) is 4.31 Å². The van der Waals surface area contributed by atoms with Crippen LogP contribution in [-0.2, 0) is 16.0 Å². The molecular weight excluding hydrogens is 597 g/mol. The van der Waals surface area contributed by atoms with Gasteiger partial charge in [-0.15, -0.1) is 0 Å². The molecule has 0 bridgehead atoms. The van der Waals surface area contributed by atoms with Gasteiger partial charge in [0.15, 0.2) is 0 Å². The Balaban J connectivity index is 1.64. The van der Waals surface area contributed by atoms with Crippen molar-refractivity contribution in [1.29, 1.82) is 0 Å². The van der Waals surface area contributed by atoms with E-state index in [1.165, 1.54) is 16.7 Å². The van der Waals surface area contributed by atoms with Crippen LogP contribution in [0, 0.1) is 29.1 Å².